The monoisotopic (exact) mass is 744 g/mol. The van der Waals surface area contributed by atoms with E-state index in [1.165, 1.54) is 7.11 Å². The van der Waals surface area contributed by atoms with Crippen LogP contribution in [-0.2, 0) is 51.6 Å². The number of nitrogens with two attached hydrogens (primary N) is 1. The number of amides is 4. The van der Waals surface area contributed by atoms with Gasteiger partial charge in [-0.1, -0.05) is 90.4 Å². The van der Waals surface area contributed by atoms with Crippen molar-refractivity contribution in [3.63, 3.8) is 0 Å². The van der Waals surface area contributed by atoms with Crippen LogP contribution in [0.1, 0.15) is 65.5 Å². The quantitative estimate of drug-likeness (QED) is 0.109. The first-order valence-electron chi connectivity index (χ1n) is 17.5. The van der Waals surface area contributed by atoms with Crippen LogP contribution < -0.4 is 31.7 Å². The summed E-state index contributed by atoms with van der Waals surface area (Å²) in [6.45, 7) is 10.8. The molecule has 0 aliphatic heterocycles. The Balaban J connectivity index is 2.23. The summed E-state index contributed by atoms with van der Waals surface area (Å²) in [6.07, 6.45) is 1.53. The molecule has 0 heterocycles. The van der Waals surface area contributed by atoms with Crippen molar-refractivity contribution < 1.29 is 37.1 Å². The number of esters is 1. The average molecular weight is 745 g/mol. The summed E-state index contributed by atoms with van der Waals surface area (Å²) in [4.78, 5) is 66.0. The lowest BCUT2D eigenvalue weighted by molar-refractivity contribution is -0.147. The van der Waals surface area contributed by atoms with Crippen molar-refractivity contribution in [3.05, 3.63) is 65.7 Å². The van der Waals surface area contributed by atoms with E-state index in [9.17, 15) is 32.4 Å². The Morgan fingerprint density at radius 3 is 1.88 bits per heavy atom. The van der Waals surface area contributed by atoms with Crippen LogP contribution in [0, 0.1) is 17.8 Å². The number of hydrogen-bond acceptors (Lipinski definition) is 9. The molecule has 2 aromatic carbocycles. The van der Waals surface area contributed by atoms with Crippen LogP contribution in [0.5, 0.6) is 0 Å². The minimum atomic E-state index is -3.51. The molecular formula is C37H56N6O8S. The molecule has 2 aromatic rings. The Hall–Kier alpha value is -4.50. The van der Waals surface area contributed by atoms with E-state index in [1.54, 1.807) is 52.0 Å². The number of benzene rings is 2. The van der Waals surface area contributed by atoms with Crippen molar-refractivity contribution >= 4 is 45.3 Å². The van der Waals surface area contributed by atoms with Gasteiger partial charge in [-0.15, -0.1) is 0 Å². The molecule has 52 heavy (non-hydrogen) atoms. The number of rotatable bonds is 20. The zero-order valence-electron chi connectivity index (χ0n) is 31.4. The van der Waals surface area contributed by atoms with Crippen LogP contribution in [0.25, 0.3) is 0 Å². The predicted octanol–water partition coefficient (Wildman–Crippen LogP) is 2.03. The van der Waals surface area contributed by atoms with Gasteiger partial charge in [0.05, 0.1) is 19.8 Å². The van der Waals surface area contributed by atoms with Crippen LogP contribution in [-0.4, -0.2) is 81.6 Å². The zero-order chi connectivity index (χ0) is 39.2. The van der Waals surface area contributed by atoms with E-state index in [2.05, 4.69) is 26.0 Å². The first-order chi connectivity index (χ1) is 24.3. The highest BCUT2D eigenvalue weighted by Gasteiger charge is 2.34. The molecule has 2 unspecified atom stereocenters. The van der Waals surface area contributed by atoms with Gasteiger partial charge in [-0.2, -0.15) is 0 Å². The Morgan fingerprint density at radius 1 is 0.750 bits per heavy atom. The van der Waals surface area contributed by atoms with E-state index < -0.39 is 69.8 Å². The molecule has 7 N–H and O–H groups in total. The second kappa shape index (κ2) is 20.5. The third-order valence-corrected chi connectivity index (χ3v) is 9.26. The van der Waals surface area contributed by atoms with Crippen molar-refractivity contribution in [1.29, 1.82) is 0 Å². The first kappa shape index (κ1) is 43.7. The fraction of sp³-hybridized carbons (Fsp3) is 0.541. The smallest absolute Gasteiger partial charge is 0.328 e. The normalized spacial score (nSPS) is 15.0. The van der Waals surface area contributed by atoms with E-state index in [0.29, 0.717) is 17.7 Å². The summed E-state index contributed by atoms with van der Waals surface area (Å²) < 4.78 is 30.5. The van der Waals surface area contributed by atoms with Gasteiger partial charge in [0, 0.05) is 24.2 Å². The standard InChI is InChI=1S/C37H56N6O8S/c1-9-24(6)34(36(47)42-33(23(4)5)37(48)51-7)41-31(45)21-28(38)29(19-25-14-11-10-12-15-25)39-35(46)32(22(2)3)40-30(44)20-26-16-13-17-27(18-26)43-52(8,49)50/h10-18,22-24,28-29,32-34,43H,9,19-21,38H2,1-8H3,(H,39,46)(H,40,44)(H,41,45)(H,42,47)/t24-,28-,29-,32?,33?,34-/m0/s1. The molecule has 0 fully saturated rings. The Morgan fingerprint density at radius 2 is 1.33 bits per heavy atom. The van der Waals surface area contributed by atoms with Crippen LogP contribution in [0.3, 0.4) is 0 Å². The van der Waals surface area contributed by atoms with Crippen LogP contribution in [0.2, 0.25) is 0 Å². The van der Waals surface area contributed by atoms with Crippen molar-refractivity contribution in [1.82, 2.24) is 21.3 Å². The van der Waals surface area contributed by atoms with E-state index in [0.717, 1.165) is 11.8 Å². The molecule has 0 saturated heterocycles. The van der Waals surface area contributed by atoms with E-state index in [1.807, 2.05) is 44.2 Å². The molecule has 288 valence electrons. The van der Waals surface area contributed by atoms with Gasteiger partial charge in [0.2, 0.25) is 33.7 Å². The minimum absolute atomic E-state index is 0.106. The minimum Gasteiger partial charge on any atom is -0.467 e. The number of sulfonamides is 1. The lowest BCUT2D eigenvalue weighted by atomic mass is 9.94. The van der Waals surface area contributed by atoms with Gasteiger partial charge in [0.25, 0.3) is 0 Å². The van der Waals surface area contributed by atoms with Gasteiger partial charge in [0.15, 0.2) is 0 Å². The molecule has 0 aliphatic carbocycles. The van der Waals surface area contributed by atoms with Gasteiger partial charge in [-0.25, -0.2) is 13.2 Å². The molecular weight excluding hydrogens is 689 g/mol. The van der Waals surface area contributed by atoms with Gasteiger partial charge < -0.3 is 31.7 Å². The molecule has 0 saturated carbocycles. The maximum atomic E-state index is 13.8. The van der Waals surface area contributed by atoms with Crippen molar-refractivity contribution in [3.8, 4) is 0 Å². The third kappa shape index (κ3) is 14.6. The number of anilines is 1. The number of carbonyl (C=O) groups is 5. The molecule has 15 heteroatoms. The van der Waals surface area contributed by atoms with Crippen molar-refractivity contribution in [2.45, 2.75) is 97.4 Å². The summed E-state index contributed by atoms with van der Waals surface area (Å²) in [6, 6.07) is 11.3. The van der Waals surface area contributed by atoms with Crippen LogP contribution in [0.4, 0.5) is 5.69 Å². The van der Waals surface area contributed by atoms with Gasteiger partial charge >= 0.3 is 5.97 Å². The molecule has 0 aliphatic rings. The predicted molar refractivity (Wildman–Crippen MR) is 200 cm³/mol. The van der Waals surface area contributed by atoms with Gasteiger partial charge in [0.1, 0.15) is 18.1 Å². The largest absolute Gasteiger partial charge is 0.467 e. The summed E-state index contributed by atoms with van der Waals surface area (Å²) >= 11 is 0. The highest BCUT2D eigenvalue weighted by molar-refractivity contribution is 7.92. The molecule has 6 atom stereocenters. The molecule has 0 radical (unpaired) electrons. The van der Waals surface area contributed by atoms with E-state index in [4.69, 9.17) is 10.5 Å². The SMILES string of the molecule is CC[C@H](C)[C@H](NC(=O)C[C@H](N)[C@H](Cc1ccccc1)NC(=O)C(NC(=O)Cc1cccc(NS(C)(=O)=O)c1)C(C)C)C(=O)NC(C(=O)OC)C(C)C. The Kier molecular flexibility index (Phi) is 17.2. The van der Waals surface area contributed by atoms with Crippen molar-refractivity contribution in [2.75, 3.05) is 18.1 Å². The average Bonchev–Trinajstić information content (AvgIpc) is 3.06. The summed E-state index contributed by atoms with van der Waals surface area (Å²) in [5.74, 6) is -3.43. The highest BCUT2D eigenvalue weighted by atomic mass is 32.2. The molecule has 14 nitrogen and oxygen atoms in total. The third-order valence-electron chi connectivity index (χ3n) is 8.66. The summed E-state index contributed by atoms with van der Waals surface area (Å²) in [5, 5.41) is 11.2. The number of methoxy groups -OCH3 is 1. The van der Waals surface area contributed by atoms with E-state index >= 15 is 0 Å². The molecule has 4 amide bonds. The molecule has 0 spiro atoms. The first-order valence-corrected chi connectivity index (χ1v) is 19.4. The van der Waals surface area contributed by atoms with Gasteiger partial charge in [-0.05, 0) is 47.4 Å². The lowest BCUT2D eigenvalue weighted by Gasteiger charge is -2.30. The van der Waals surface area contributed by atoms with Gasteiger partial charge in [-0.3, -0.25) is 23.9 Å². The second-order valence-electron chi connectivity index (χ2n) is 13.9. The van der Waals surface area contributed by atoms with E-state index in [-0.39, 0.29) is 37.0 Å². The Labute approximate surface area is 307 Å². The molecule has 0 aromatic heterocycles. The maximum absolute atomic E-state index is 13.8. The number of carbonyl (C=O) groups excluding carboxylic acids is 5. The fourth-order valence-electron chi connectivity index (χ4n) is 5.51. The topological polar surface area (TPSA) is 215 Å². The van der Waals surface area contributed by atoms with Crippen LogP contribution >= 0.6 is 0 Å². The number of hydrogen-bond donors (Lipinski definition) is 6. The maximum Gasteiger partial charge on any atom is 0.328 e. The summed E-state index contributed by atoms with van der Waals surface area (Å²) in [5.41, 5.74) is 8.33. The van der Waals surface area contributed by atoms with Crippen LogP contribution in [0.15, 0.2) is 54.6 Å². The Bertz CT molecular complexity index is 1620. The fourth-order valence-corrected chi connectivity index (χ4v) is 6.07. The second-order valence-corrected chi connectivity index (χ2v) is 15.6. The highest BCUT2D eigenvalue weighted by Crippen LogP contribution is 2.15. The molecule has 0 bridgehead atoms. The lowest BCUT2D eigenvalue weighted by Crippen LogP contribution is -2.58. The summed E-state index contributed by atoms with van der Waals surface area (Å²) in [7, 11) is -2.27. The molecule has 2 rings (SSSR count). The number of ether oxygens (including phenoxy) is 1. The number of nitrogens with one attached hydrogen (secondary N) is 5. The zero-order valence-corrected chi connectivity index (χ0v) is 32.2. The van der Waals surface area contributed by atoms with Crippen molar-refractivity contribution in [2.24, 2.45) is 23.5 Å².